The molecule has 1 aliphatic rings. The van der Waals surface area contributed by atoms with E-state index in [0.717, 1.165) is 13.0 Å². The molecular weight excluding hydrogens is 246 g/mol. The van der Waals surface area contributed by atoms with Gasteiger partial charge in [-0.15, -0.1) is 0 Å². The molecule has 1 aliphatic heterocycles. The Labute approximate surface area is 112 Å². The first kappa shape index (κ1) is 13.5. The van der Waals surface area contributed by atoms with Crippen LogP contribution in [0, 0.1) is 0 Å². The van der Waals surface area contributed by atoms with Crippen LogP contribution < -0.4 is 20.7 Å². The SMILES string of the molecule is COc1ncncc1NC(=O)NC1CCNC1(C)C. The third kappa shape index (κ3) is 3.11. The van der Waals surface area contributed by atoms with E-state index in [1.807, 2.05) is 0 Å². The Balaban J connectivity index is 1.98. The Morgan fingerprint density at radius 1 is 1.58 bits per heavy atom. The summed E-state index contributed by atoms with van der Waals surface area (Å²) in [6, 6.07) is -0.196. The summed E-state index contributed by atoms with van der Waals surface area (Å²) in [5.41, 5.74) is 0.348. The van der Waals surface area contributed by atoms with Crippen LogP contribution >= 0.6 is 0 Å². The molecule has 7 heteroatoms. The van der Waals surface area contributed by atoms with Crippen molar-refractivity contribution in [3.05, 3.63) is 12.5 Å². The molecule has 2 rings (SSSR count). The molecule has 0 saturated carbocycles. The summed E-state index contributed by atoms with van der Waals surface area (Å²) in [5.74, 6) is 0.342. The minimum atomic E-state index is -0.283. The molecule has 2 amide bonds. The number of aromatic nitrogens is 2. The second-order valence-electron chi connectivity index (χ2n) is 5.03. The maximum atomic E-state index is 12.0. The number of nitrogens with zero attached hydrogens (tertiary/aromatic N) is 2. The van der Waals surface area contributed by atoms with E-state index in [0.29, 0.717) is 11.6 Å². The average Bonchev–Trinajstić information content (AvgIpc) is 2.69. The number of carbonyl (C=O) groups excluding carboxylic acids is 1. The second-order valence-corrected chi connectivity index (χ2v) is 5.03. The van der Waals surface area contributed by atoms with Gasteiger partial charge in [0, 0.05) is 11.6 Å². The molecule has 0 spiro atoms. The van der Waals surface area contributed by atoms with Gasteiger partial charge in [0.15, 0.2) is 0 Å². The van der Waals surface area contributed by atoms with Gasteiger partial charge in [0.2, 0.25) is 5.88 Å². The van der Waals surface area contributed by atoms with E-state index in [1.54, 1.807) is 0 Å². The summed E-state index contributed by atoms with van der Waals surface area (Å²) in [5, 5.41) is 8.99. The van der Waals surface area contributed by atoms with Gasteiger partial charge in [-0.05, 0) is 26.8 Å². The second kappa shape index (κ2) is 5.40. The molecule has 1 atom stereocenters. The minimum Gasteiger partial charge on any atom is -0.479 e. The summed E-state index contributed by atoms with van der Waals surface area (Å²) in [7, 11) is 1.50. The highest BCUT2D eigenvalue weighted by atomic mass is 16.5. The van der Waals surface area contributed by atoms with Gasteiger partial charge >= 0.3 is 6.03 Å². The van der Waals surface area contributed by atoms with E-state index in [4.69, 9.17) is 4.74 Å². The summed E-state index contributed by atoms with van der Waals surface area (Å²) >= 11 is 0. The summed E-state index contributed by atoms with van der Waals surface area (Å²) in [4.78, 5) is 19.7. The number of carbonyl (C=O) groups is 1. The zero-order valence-electron chi connectivity index (χ0n) is 11.4. The van der Waals surface area contributed by atoms with Crippen molar-refractivity contribution in [3.63, 3.8) is 0 Å². The van der Waals surface area contributed by atoms with Crippen LogP contribution in [0.25, 0.3) is 0 Å². The van der Waals surface area contributed by atoms with Crippen molar-refractivity contribution in [2.45, 2.75) is 31.8 Å². The number of nitrogens with one attached hydrogen (secondary N) is 3. The molecule has 1 aromatic heterocycles. The molecular formula is C12H19N5O2. The van der Waals surface area contributed by atoms with E-state index in [1.165, 1.54) is 19.6 Å². The number of hydrogen-bond donors (Lipinski definition) is 3. The zero-order chi connectivity index (χ0) is 13.9. The number of urea groups is 1. The zero-order valence-corrected chi connectivity index (χ0v) is 11.4. The van der Waals surface area contributed by atoms with Crippen molar-refractivity contribution >= 4 is 11.7 Å². The van der Waals surface area contributed by atoms with Crippen LogP contribution in [0.2, 0.25) is 0 Å². The smallest absolute Gasteiger partial charge is 0.319 e. The molecule has 1 saturated heterocycles. The molecule has 0 aliphatic carbocycles. The predicted octanol–water partition coefficient (Wildman–Crippen LogP) is 0.747. The van der Waals surface area contributed by atoms with Gasteiger partial charge in [-0.3, -0.25) is 0 Å². The largest absolute Gasteiger partial charge is 0.479 e. The molecule has 1 fully saturated rings. The lowest BCUT2D eigenvalue weighted by Gasteiger charge is -2.27. The van der Waals surface area contributed by atoms with Crippen molar-refractivity contribution in [1.82, 2.24) is 20.6 Å². The first-order valence-electron chi connectivity index (χ1n) is 6.19. The quantitative estimate of drug-likeness (QED) is 0.750. The molecule has 3 N–H and O–H groups in total. The van der Waals surface area contributed by atoms with Crippen LogP contribution in [-0.4, -0.2) is 41.2 Å². The van der Waals surface area contributed by atoms with Gasteiger partial charge in [-0.2, -0.15) is 4.98 Å². The van der Waals surface area contributed by atoms with E-state index in [9.17, 15) is 4.79 Å². The first-order valence-corrected chi connectivity index (χ1v) is 6.19. The summed E-state index contributed by atoms with van der Waals surface area (Å²) in [6.45, 7) is 5.03. The number of ether oxygens (including phenoxy) is 1. The molecule has 2 heterocycles. The number of methoxy groups -OCH3 is 1. The fourth-order valence-electron chi connectivity index (χ4n) is 2.16. The lowest BCUT2D eigenvalue weighted by atomic mass is 9.97. The van der Waals surface area contributed by atoms with Crippen LogP contribution in [0.1, 0.15) is 20.3 Å². The highest BCUT2D eigenvalue weighted by Gasteiger charge is 2.35. The van der Waals surface area contributed by atoms with E-state index in [-0.39, 0.29) is 17.6 Å². The molecule has 0 radical (unpaired) electrons. The Morgan fingerprint density at radius 2 is 2.37 bits per heavy atom. The third-order valence-corrected chi connectivity index (χ3v) is 3.31. The van der Waals surface area contributed by atoms with E-state index >= 15 is 0 Å². The van der Waals surface area contributed by atoms with Crippen LogP contribution in [-0.2, 0) is 0 Å². The number of rotatable bonds is 3. The van der Waals surface area contributed by atoms with Crippen molar-refractivity contribution in [2.75, 3.05) is 19.0 Å². The first-order chi connectivity index (χ1) is 9.03. The Morgan fingerprint density at radius 3 is 3.00 bits per heavy atom. The van der Waals surface area contributed by atoms with Gasteiger partial charge in [0.05, 0.1) is 13.3 Å². The minimum absolute atomic E-state index is 0.0862. The Kier molecular flexibility index (Phi) is 3.84. The standard InChI is InChI=1S/C12H19N5O2/c1-12(2)9(4-5-15-12)17-11(18)16-8-6-13-7-14-10(8)19-3/h6-7,9,15H,4-5H2,1-3H3,(H2,16,17,18). The van der Waals surface area contributed by atoms with Crippen LogP contribution in [0.5, 0.6) is 5.88 Å². The van der Waals surface area contributed by atoms with Gasteiger partial charge in [0.1, 0.15) is 12.0 Å². The maximum Gasteiger partial charge on any atom is 0.319 e. The van der Waals surface area contributed by atoms with E-state index < -0.39 is 0 Å². The van der Waals surface area contributed by atoms with Gasteiger partial charge in [-0.25, -0.2) is 9.78 Å². The molecule has 0 bridgehead atoms. The summed E-state index contributed by atoms with van der Waals surface area (Å²) in [6.07, 6.45) is 3.78. The van der Waals surface area contributed by atoms with Crippen molar-refractivity contribution in [1.29, 1.82) is 0 Å². The fourth-order valence-corrected chi connectivity index (χ4v) is 2.16. The number of anilines is 1. The topological polar surface area (TPSA) is 88.2 Å². The fraction of sp³-hybridized carbons (Fsp3) is 0.583. The molecule has 1 unspecified atom stereocenters. The van der Waals surface area contributed by atoms with Crippen LogP contribution in [0.15, 0.2) is 12.5 Å². The van der Waals surface area contributed by atoms with Gasteiger partial charge in [0.25, 0.3) is 0 Å². The van der Waals surface area contributed by atoms with Crippen molar-refractivity contribution in [3.8, 4) is 5.88 Å². The highest BCUT2D eigenvalue weighted by molar-refractivity contribution is 5.90. The Bertz CT molecular complexity index is 463. The summed E-state index contributed by atoms with van der Waals surface area (Å²) < 4.78 is 5.05. The predicted molar refractivity (Wildman–Crippen MR) is 71.2 cm³/mol. The lowest BCUT2D eigenvalue weighted by molar-refractivity contribution is 0.242. The van der Waals surface area contributed by atoms with Crippen LogP contribution in [0.4, 0.5) is 10.5 Å². The van der Waals surface area contributed by atoms with Crippen molar-refractivity contribution < 1.29 is 9.53 Å². The molecule has 1 aromatic rings. The number of hydrogen-bond acceptors (Lipinski definition) is 5. The van der Waals surface area contributed by atoms with Gasteiger partial charge in [-0.1, -0.05) is 0 Å². The highest BCUT2D eigenvalue weighted by Crippen LogP contribution is 2.20. The maximum absolute atomic E-state index is 12.0. The van der Waals surface area contributed by atoms with Crippen molar-refractivity contribution in [2.24, 2.45) is 0 Å². The normalized spacial score (nSPS) is 20.9. The van der Waals surface area contributed by atoms with Gasteiger partial charge < -0.3 is 20.7 Å². The molecule has 104 valence electrons. The third-order valence-electron chi connectivity index (χ3n) is 3.31. The number of amides is 2. The van der Waals surface area contributed by atoms with Crippen LogP contribution in [0.3, 0.4) is 0 Å². The average molecular weight is 265 g/mol. The molecule has 7 nitrogen and oxygen atoms in total. The molecule has 0 aromatic carbocycles. The Hall–Kier alpha value is -1.89. The monoisotopic (exact) mass is 265 g/mol. The lowest BCUT2D eigenvalue weighted by Crippen LogP contribution is -2.51. The van der Waals surface area contributed by atoms with E-state index in [2.05, 4.69) is 39.8 Å². The molecule has 19 heavy (non-hydrogen) atoms.